The molecule has 0 aromatic heterocycles. The molecule has 4 heteroatoms. The highest BCUT2D eigenvalue weighted by Crippen LogP contribution is 2.18. The highest BCUT2D eigenvalue weighted by atomic mass is 16.2. The van der Waals surface area contributed by atoms with E-state index in [2.05, 4.69) is 10.6 Å². The molecule has 2 rings (SSSR count). The molecule has 2 N–H and O–H groups in total. The lowest BCUT2D eigenvalue weighted by atomic mass is 10.1. The number of benzene rings is 2. The minimum absolute atomic E-state index is 0.132. The zero-order chi connectivity index (χ0) is 18.1. The van der Waals surface area contributed by atoms with Gasteiger partial charge in [-0.05, 0) is 31.5 Å². The van der Waals surface area contributed by atoms with Gasteiger partial charge in [0.05, 0.1) is 17.3 Å². The third-order valence-corrected chi connectivity index (χ3v) is 3.63. The van der Waals surface area contributed by atoms with Crippen molar-refractivity contribution < 1.29 is 9.59 Å². The van der Waals surface area contributed by atoms with Crippen LogP contribution >= 0.6 is 0 Å². The Kier molecular flexibility index (Phi) is 6.72. The lowest BCUT2D eigenvalue weighted by molar-refractivity contribution is -0.111. The van der Waals surface area contributed by atoms with E-state index in [4.69, 9.17) is 0 Å². The minimum Gasteiger partial charge on any atom is -0.345 e. The first-order valence-electron chi connectivity index (χ1n) is 8.17. The quantitative estimate of drug-likeness (QED) is 0.613. The summed E-state index contributed by atoms with van der Waals surface area (Å²) in [6.07, 6.45) is 6.66. The molecule has 1 unspecified atom stereocenters. The normalized spacial score (nSPS) is 12.2. The molecule has 1 atom stereocenters. The molecule has 0 saturated heterocycles. The van der Waals surface area contributed by atoms with Crippen molar-refractivity contribution in [3.63, 3.8) is 0 Å². The number of amides is 2. The van der Waals surface area contributed by atoms with Gasteiger partial charge in [0.15, 0.2) is 0 Å². The van der Waals surface area contributed by atoms with Crippen LogP contribution in [0.25, 0.3) is 0 Å². The summed E-state index contributed by atoms with van der Waals surface area (Å²) in [6.45, 7) is 3.80. The van der Waals surface area contributed by atoms with Crippen molar-refractivity contribution in [2.45, 2.75) is 19.9 Å². The number of rotatable bonds is 6. The van der Waals surface area contributed by atoms with Crippen molar-refractivity contribution in [2.24, 2.45) is 0 Å². The van der Waals surface area contributed by atoms with Crippen LogP contribution in [0.4, 0.5) is 5.69 Å². The molecule has 128 valence electrons. The molecule has 25 heavy (non-hydrogen) atoms. The predicted molar refractivity (Wildman–Crippen MR) is 101 cm³/mol. The molecule has 2 aromatic carbocycles. The summed E-state index contributed by atoms with van der Waals surface area (Å²) >= 11 is 0. The maximum absolute atomic E-state index is 12.6. The Bertz CT molecular complexity index is 779. The van der Waals surface area contributed by atoms with E-state index in [-0.39, 0.29) is 17.9 Å². The van der Waals surface area contributed by atoms with E-state index < -0.39 is 0 Å². The molecular formula is C21H22N2O2. The summed E-state index contributed by atoms with van der Waals surface area (Å²) in [5.41, 5.74) is 1.93. The highest BCUT2D eigenvalue weighted by molar-refractivity contribution is 6.06. The maximum Gasteiger partial charge on any atom is 0.253 e. The number of carbonyl (C=O) groups excluding carboxylic acids is 2. The molecule has 0 radical (unpaired) electrons. The lowest BCUT2D eigenvalue weighted by Gasteiger charge is -2.16. The number of carbonyl (C=O) groups is 2. The molecule has 0 aliphatic rings. The zero-order valence-corrected chi connectivity index (χ0v) is 14.4. The summed E-state index contributed by atoms with van der Waals surface area (Å²) in [5.74, 6) is -0.515. The molecule has 0 aliphatic carbocycles. The van der Waals surface area contributed by atoms with Crippen molar-refractivity contribution in [1.82, 2.24) is 5.32 Å². The van der Waals surface area contributed by atoms with Crippen LogP contribution in [0.1, 0.15) is 35.8 Å². The van der Waals surface area contributed by atoms with Gasteiger partial charge >= 0.3 is 0 Å². The van der Waals surface area contributed by atoms with Crippen molar-refractivity contribution in [3.8, 4) is 0 Å². The standard InChI is InChI=1S/C21H22N2O2/c1-3-4-6-15-20(24)23-19-14-10-9-13-18(19)21(25)22-16(2)17-11-7-5-8-12-17/h3-16H,1-2H3,(H,22,25)(H,23,24)/b4-3+,15-6+. The van der Waals surface area contributed by atoms with Crippen LogP contribution in [-0.2, 0) is 4.79 Å². The van der Waals surface area contributed by atoms with Crippen LogP contribution < -0.4 is 10.6 Å². The van der Waals surface area contributed by atoms with Gasteiger partial charge in [-0.2, -0.15) is 0 Å². The van der Waals surface area contributed by atoms with Crippen LogP contribution in [0.15, 0.2) is 78.9 Å². The van der Waals surface area contributed by atoms with E-state index in [9.17, 15) is 9.59 Å². The number of anilines is 1. The van der Waals surface area contributed by atoms with Crippen LogP contribution in [0.3, 0.4) is 0 Å². The van der Waals surface area contributed by atoms with E-state index in [0.717, 1.165) is 5.56 Å². The number of nitrogens with one attached hydrogen (secondary N) is 2. The summed E-state index contributed by atoms with van der Waals surface area (Å²) in [6, 6.07) is 16.6. The Morgan fingerprint density at radius 1 is 0.960 bits per heavy atom. The largest absolute Gasteiger partial charge is 0.345 e. The smallest absolute Gasteiger partial charge is 0.253 e. The Hall–Kier alpha value is -3.14. The van der Waals surface area contributed by atoms with Crippen LogP contribution in [0.5, 0.6) is 0 Å². The van der Waals surface area contributed by atoms with Gasteiger partial charge in [-0.25, -0.2) is 0 Å². The van der Waals surface area contributed by atoms with E-state index in [1.165, 1.54) is 6.08 Å². The number of hydrogen-bond donors (Lipinski definition) is 2. The van der Waals surface area contributed by atoms with Gasteiger partial charge in [-0.1, -0.05) is 60.7 Å². The van der Waals surface area contributed by atoms with Gasteiger partial charge in [0, 0.05) is 6.08 Å². The number of allylic oxidation sites excluding steroid dienone is 3. The highest BCUT2D eigenvalue weighted by Gasteiger charge is 2.15. The second-order valence-electron chi connectivity index (χ2n) is 5.53. The molecule has 2 aromatic rings. The molecule has 0 heterocycles. The average Bonchev–Trinajstić information content (AvgIpc) is 2.63. The fraction of sp³-hybridized carbons (Fsp3) is 0.143. The van der Waals surface area contributed by atoms with Gasteiger partial charge in [0.1, 0.15) is 0 Å². The molecule has 4 nitrogen and oxygen atoms in total. The van der Waals surface area contributed by atoms with Crippen molar-refractivity contribution in [3.05, 3.63) is 90.0 Å². The molecule has 0 fully saturated rings. The van der Waals surface area contributed by atoms with Gasteiger partial charge < -0.3 is 10.6 Å². The molecule has 0 saturated carbocycles. The Balaban J connectivity index is 2.11. The Morgan fingerprint density at radius 2 is 1.64 bits per heavy atom. The SMILES string of the molecule is C/C=C/C=C/C(=O)Nc1ccccc1C(=O)NC(C)c1ccccc1. The Labute approximate surface area is 148 Å². The first kappa shape index (κ1) is 18.2. The fourth-order valence-corrected chi connectivity index (χ4v) is 2.32. The molecule has 0 aliphatic heterocycles. The third kappa shape index (κ3) is 5.46. The molecule has 0 bridgehead atoms. The summed E-state index contributed by atoms with van der Waals surface area (Å²) in [7, 11) is 0. The topological polar surface area (TPSA) is 58.2 Å². The second-order valence-corrected chi connectivity index (χ2v) is 5.53. The predicted octanol–water partition coefficient (Wildman–Crippen LogP) is 4.25. The monoisotopic (exact) mass is 334 g/mol. The van der Waals surface area contributed by atoms with Crippen molar-refractivity contribution in [2.75, 3.05) is 5.32 Å². The molecule has 0 spiro atoms. The van der Waals surface area contributed by atoms with E-state index in [0.29, 0.717) is 11.3 Å². The van der Waals surface area contributed by atoms with E-state index in [1.54, 1.807) is 36.4 Å². The average molecular weight is 334 g/mol. The third-order valence-electron chi connectivity index (χ3n) is 3.63. The summed E-state index contributed by atoms with van der Waals surface area (Å²) < 4.78 is 0. The van der Waals surface area contributed by atoms with Gasteiger partial charge in [-0.15, -0.1) is 0 Å². The maximum atomic E-state index is 12.6. The first-order chi connectivity index (χ1) is 12.1. The van der Waals surface area contributed by atoms with Gasteiger partial charge in [-0.3, -0.25) is 9.59 Å². The second kappa shape index (κ2) is 9.23. The lowest BCUT2D eigenvalue weighted by Crippen LogP contribution is -2.27. The summed E-state index contributed by atoms with van der Waals surface area (Å²) in [4.78, 5) is 24.5. The first-order valence-corrected chi connectivity index (χ1v) is 8.17. The van der Waals surface area contributed by atoms with Crippen LogP contribution in [0, 0.1) is 0 Å². The van der Waals surface area contributed by atoms with Crippen LogP contribution in [0.2, 0.25) is 0 Å². The molecule has 2 amide bonds. The minimum atomic E-state index is -0.283. The summed E-state index contributed by atoms with van der Waals surface area (Å²) in [5, 5.41) is 5.70. The zero-order valence-electron chi connectivity index (χ0n) is 14.4. The fourth-order valence-electron chi connectivity index (χ4n) is 2.32. The number of para-hydroxylation sites is 1. The number of hydrogen-bond acceptors (Lipinski definition) is 2. The van der Waals surface area contributed by atoms with Gasteiger partial charge in [0.2, 0.25) is 5.91 Å². The van der Waals surface area contributed by atoms with Gasteiger partial charge in [0.25, 0.3) is 5.91 Å². The van der Waals surface area contributed by atoms with Crippen LogP contribution in [-0.4, -0.2) is 11.8 Å². The Morgan fingerprint density at radius 3 is 2.36 bits per heavy atom. The van der Waals surface area contributed by atoms with E-state index >= 15 is 0 Å². The van der Waals surface area contributed by atoms with Crippen molar-refractivity contribution in [1.29, 1.82) is 0 Å². The van der Waals surface area contributed by atoms with E-state index in [1.807, 2.05) is 50.3 Å². The van der Waals surface area contributed by atoms with Crippen molar-refractivity contribution >= 4 is 17.5 Å². The molecular weight excluding hydrogens is 312 g/mol.